The Kier molecular flexibility index (Phi) is 5.00. The van der Waals surface area contributed by atoms with Crippen LogP contribution in [0.2, 0.25) is 0 Å². The van der Waals surface area contributed by atoms with Gasteiger partial charge in [-0.3, -0.25) is 0 Å². The second-order valence-corrected chi connectivity index (χ2v) is 11.2. The van der Waals surface area contributed by atoms with Crippen LogP contribution in [0, 0.1) is 0 Å². The smallest absolute Gasteiger partial charge is 0.00137 e. The summed E-state index contributed by atoms with van der Waals surface area (Å²) in [5.74, 6) is 0. The molecule has 0 fully saturated rings. The minimum Gasteiger partial charge on any atom is -0.0622 e. The third-order valence-corrected chi connectivity index (χ3v) is 9.01. The molecule has 0 atom stereocenters. The van der Waals surface area contributed by atoms with E-state index in [1.165, 1.54) is 86.9 Å². The highest BCUT2D eigenvalue weighted by molar-refractivity contribution is 6.39. The van der Waals surface area contributed by atoms with E-state index in [9.17, 15) is 0 Å². The average molecular weight is 531 g/mol. The maximum absolute atomic E-state index is 2.46. The predicted octanol–water partition coefficient (Wildman–Crippen LogP) is 11.9. The lowest BCUT2D eigenvalue weighted by Crippen LogP contribution is -1.91. The van der Waals surface area contributed by atoms with Gasteiger partial charge in [-0.1, -0.05) is 152 Å². The van der Waals surface area contributed by atoms with E-state index in [1.807, 2.05) is 0 Å². The molecule has 0 nitrogen and oxygen atoms in total. The monoisotopic (exact) mass is 530 g/mol. The van der Waals surface area contributed by atoms with Crippen LogP contribution >= 0.6 is 0 Å². The van der Waals surface area contributed by atoms with Gasteiger partial charge in [0.2, 0.25) is 0 Å². The summed E-state index contributed by atoms with van der Waals surface area (Å²) in [6.45, 7) is 0. The molecular formula is C42H26. The largest absolute Gasteiger partial charge is 0.0622 e. The molecule has 0 saturated carbocycles. The molecule has 0 aliphatic carbocycles. The summed E-state index contributed by atoms with van der Waals surface area (Å²) in [7, 11) is 0. The normalized spacial score (nSPS) is 11.8. The molecule has 0 unspecified atom stereocenters. The fourth-order valence-electron chi connectivity index (χ4n) is 7.22. The molecule has 0 bridgehead atoms. The van der Waals surface area contributed by atoms with Crippen LogP contribution in [0.5, 0.6) is 0 Å². The third kappa shape index (κ3) is 3.30. The summed E-state index contributed by atoms with van der Waals surface area (Å²) in [5, 5.41) is 15.6. The Balaban J connectivity index is 1.51. The number of hydrogen-bond acceptors (Lipinski definition) is 0. The molecule has 9 aromatic rings. The van der Waals surface area contributed by atoms with Crippen LogP contribution in [0.3, 0.4) is 0 Å². The van der Waals surface area contributed by atoms with Crippen LogP contribution in [-0.4, -0.2) is 0 Å². The van der Waals surface area contributed by atoms with Crippen molar-refractivity contribution in [1.82, 2.24) is 0 Å². The van der Waals surface area contributed by atoms with Crippen molar-refractivity contribution in [3.05, 3.63) is 158 Å². The van der Waals surface area contributed by atoms with Crippen molar-refractivity contribution in [2.45, 2.75) is 0 Å². The van der Waals surface area contributed by atoms with Gasteiger partial charge in [-0.05, 0) is 93.0 Å². The van der Waals surface area contributed by atoms with Crippen LogP contribution < -0.4 is 0 Å². The van der Waals surface area contributed by atoms with Crippen molar-refractivity contribution in [3.63, 3.8) is 0 Å². The highest BCUT2D eigenvalue weighted by Gasteiger charge is 2.18. The summed E-state index contributed by atoms with van der Waals surface area (Å²) < 4.78 is 0. The lowest BCUT2D eigenvalue weighted by molar-refractivity contribution is 1.62. The minimum absolute atomic E-state index is 1.23. The zero-order valence-electron chi connectivity index (χ0n) is 23.0. The number of fused-ring (bicyclic) bond motifs is 12. The quantitative estimate of drug-likeness (QED) is 0.195. The Morgan fingerprint density at radius 3 is 1.36 bits per heavy atom. The summed E-state index contributed by atoms with van der Waals surface area (Å²) in [4.78, 5) is 0. The van der Waals surface area contributed by atoms with E-state index in [2.05, 4.69) is 158 Å². The first-order valence-corrected chi connectivity index (χ1v) is 14.6. The van der Waals surface area contributed by atoms with Gasteiger partial charge in [-0.2, -0.15) is 0 Å². The molecule has 0 amide bonds. The molecular weight excluding hydrogens is 504 g/mol. The summed E-state index contributed by atoms with van der Waals surface area (Å²) in [5.41, 5.74) is 5.02. The molecule has 0 aliphatic heterocycles. The molecule has 0 saturated heterocycles. The van der Waals surface area contributed by atoms with Gasteiger partial charge in [0.25, 0.3) is 0 Å². The molecule has 0 aliphatic rings. The van der Waals surface area contributed by atoms with Gasteiger partial charge >= 0.3 is 0 Å². The van der Waals surface area contributed by atoms with Crippen LogP contribution in [0.4, 0.5) is 0 Å². The Hall–Kier alpha value is -5.46. The van der Waals surface area contributed by atoms with Gasteiger partial charge < -0.3 is 0 Å². The molecule has 0 heteroatoms. The third-order valence-electron chi connectivity index (χ3n) is 9.01. The molecule has 42 heavy (non-hydrogen) atoms. The van der Waals surface area contributed by atoms with E-state index in [0.29, 0.717) is 0 Å². The Morgan fingerprint density at radius 2 is 0.738 bits per heavy atom. The fourth-order valence-corrected chi connectivity index (χ4v) is 7.22. The highest BCUT2D eigenvalue weighted by atomic mass is 14.2. The summed E-state index contributed by atoms with van der Waals surface area (Å²) >= 11 is 0. The highest BCUT2D eigenvalue weighted by Crippen LogP contribution is 2.46. The van der Waals surface area contributed by atoms with Crippen LogP contribution in [0.1, 0.15) is 0 Å². The first-order valence-electron chi connectivity index (χ1n) is 14.6. The second-order valence-electron chi connectivity index (χ2n) is 11.2. The predicted molar refractivity (Wildman–Crippen MR) is 182 cm³/mol. The topological polar surface area (TPSA) is 0 Å². The van der Waals surface area contributed by atoms with Crippen LogP contribution in [0.15, 0.2) is 158 Å². The Bertz CT molecular complexity index is 2480. The molecule has 9 aromatic carbocycles. The van der Waals surface area contributed by atoms with Crippen LogP contribution in [0.25, 0.3) is 86.9 Å². The molecule has 194 valence electrons. The Labute approximate surface area is 244 Å². The van der Waals surface area contributed by atoms with E-state index >= 15 is 0 Å². The van der Waals surface area contributed by atoms with E-state index in [0.717, 1.165) is 0 Å². The molecule has 9 rings (SSSR count). The first kappa shape index (κ1) is 23.3. The second kappa shape index (κ2) is 9.03. The van der Waals surface area contributed by atoms with Crippen molar-refractivity contribution in [3.8, 4) is 22.3 Å². The van der Waals surface area contributed by atoms with Gasteiger partial charge in [-0.15, -0.1) is 0 Å². The van der Waals surface area contributed by atoms with Crippen molar-refractivity contribution < 1.29 is 0 Å². The first-order chi connectivity index (χ1) is 20.9. The summed E-state index contributed by atoms with van der Waals surface area (Å²) in [6, 6.07) is 58.0. The van der Waals surface area contributed by atoms with Gasteiger partial charge in [0.05, 0.1) is 0 Å². The average Bonchev–Trinajstić information content (AvgIpc) is 3.07. The number of benzene rings is 9. The van der Waals surface area contributed by atoms with Crippen molar-refractivity contribution in [2.24, 2.45) is 0 Å². The molecule has 0 heterocycles. The maximum atomic E-state index is 2.46. The van der Waals surface area contributed by atoms with Gasteiger partial charge in [0, 0.05) is 0 Å². The van der Waals surface area contributed by atoms with Crippen LogP contribution in [-0.2, 0) is 0 Å². The molecule has 0 aromatic heterocycles. The molecule has 0 radical (unpaired) electrons. The number of hydrogen-bond donors (Lipinski definition) is 0. The van der Waals surface area contributed by atoms with Crippen molar-refractivity contribution in [2.75, 3.05) is 0 Å². The number of rotatable bonds is 2. The fraction of sp³-hybridized carbons (Fsp3) is 0. The maximum Gasteiger partial charge on any atom is -0.00137 e. The lowest BCUT2D eigenvalue weighted by Gasteiger charge is -2.18. The van der Waals surface area contributed by atoms with Gasteiger partial charge in [0.15, 0.2) is 0 Å². The van der Waals surface area contributed by atoms with Crippen molar-refractivity contribution in [1.29, 1.82) is 0 Å². The van der Waals surface area contributed by atoms with Crippen molar-refractivity contribution >= 4 is 64.6 Å². The SMILES string of the molecule is c1ccc(-c2ccc3ccccc3c2-c2ccc3c4ccccc4c4c5ccccc5c5ccccc5c4c3c2)cc1. The van der Waals surface area contributed by atoms with E-state index in [1.54, 1.807) is 0 Å². The molecule has 0 N–H and O–H groups in total. The zero-order valence-corrected chi connectivity index (χ0v) is 23.0. The summed E-state index contributed by atoms with van der Waals surface area (Å²) in [6.07, 6.45) is 0. The zero-order chi connectivity index (χ0) is 27.6. The lowest BCUT2D eigenvalue weighted by atomic mass is 9.85. The van der Waals surface area contributed by atoms with E-state index in [4.69, 9.17) is 0 Å². The minimum atomic E-state index is 1.23. The van der Waals surface area contributed by atoms with Gasteiger partial charge in [0.1, 0.15) is 0 Å². The van der Waals surface area contributed by atoms with E-state index < -0.39 is 0 Å². The van der Waals surface area contributed by atoms with E-state index in [-0.39, 0.29) is 0 Å². The Morgan fingerprint density at radius 1 is 0.262 bits per heavy atom. The molecule has 0 spiro atoms. The van der Waals surface area contributed by atoms with Gasteiger partial charge in [-0.25, -0.2) is 0 Å². The standard InChI is InChI=1S/C42H26/c1-2-12-27(13-3-1)31-24-22-28-14-4-5-15-30(28)40(31)29-23-25-35-34-18-8-10-20-37(34)41-36-19-9-6-16-32(36)33-17-7-11-21-38(33)42(41)39(35)26-29/h1-26H.